The van der Waals surface area contributed by atoms with Crippen LogP contribution in [0.5, 0.6) is 5.75 Å². The van der Waals surface area contributed by atoms with Gasteiger partial charge in [-0.15, -0.1) is 0 Å². The van der Waals surface area contributed by atoms with Crippen LogP contribution >= 0.6 is 0 Å². The maximum Gasteiger partial charge on any atom is 0.336 e. The molecule has 4 heteroatoms. The fourth-order valence-corrected chi connectivity index (χ4v) is 4.49. The van der Waals surface area contributed by atoms with E-state index in [1.807, 2.05) is 6.07 Å². The molecule has 1 saturated heterocycles. The largest absolute Gasteiger partial charge is 0.508 e. The van der Waals surface area contributed by atoms with Crippen LogP contribution in [0.15, 0.2) is 33.5 Å². The van der Waals surface area contributed by atoms with Gasteiger partial charge in [0.1, 0.15) is 11.3 Å². The number of benzene rings is 1. The Morgan fingerprint density at radius 2 is 1.96 bits per heavy atom. The van der Waals surface area contributed by atoms with E-state index in [0.717, 1.165) is 30.0 Å². The van der Waals surface area contributed by atoms with E-state index in [-0.39, 0.29) is 11.4 Å². The van der Waals surface area contributed by atoms with E-state index in [4.69, 9.17) is 4.42 Å². The van der Waals surface area contributed by atoms with Crippen molar-refractivity contribution in [1.82, 2.24) is 4.90 Å². The molecule has 2 aromatic rings. The molecule has 2 aliphatic rings. The Balaban J connectivity index is 1.68. The van der Waals surface area contributed by atoms with Gasteiger partial charge in [-0.2, -0.15) is 0 Å². The second-order valence-electron chi connectivity index (χ2n) is 7.00. The van der Waals surface area contributed by atoms with Gasteiger partial charge in [-0.05, 0) is 55.8 Å². The van der Waals surface area contributed by atoms with Crippen LogP contribution in [-0.4, -0.2) is 22.6 Å². The molecule has 0 spiro atoms. The van der Waals surface area contributed by atoms with Gasteiger partial charge in [0.15, 0.2) is 0 Å². The number of nitrogens with zero attached hydrogens (tertiary/aromatic N) is 1. The summed E-state index contributed by atoms with van der Waals surface area (Å²) in [4.78, 5) is 14.4. The molecule has 122 valence electrons. The highest BCUT2D eigenvalue weighted by Gasteiger charge is 2.33. The third-order valence-corrected chi connectivity index (χ3v) is 5.55. The maximum atomic E-state index is 11.9. The summed E-state index contributed by atoms with van der Waals surface area (Å²) in [6, 6.07) is 7.32. The summed E-state index contributed by atoms with van der Waals surface area (Å²) in [5.74, 6) is 0.955. The summed E-state index contributed by atoms with van der Waals surface area (Å²) in [7, 11) is 0. The highest BCUT2D eigenvalue weighted by Crippen LogP contribution is 2.36. The van der Waals surface area contributed by atoms with E-state index >= 15 is 0 Å². The molecule has 0 radical (unpaired) electrons. The zero-order chi connectivity index (χ0) is 15.8. The fourth-order valence-electron chi connectivity index (χ4n) is 4.49. The minimum atomic E-state index is -0.338. The van der Waals surface area contributed by atoms with E-state index in [1.54, 1.807) is 12.1 Å². The predicted molar refractivity (Wildman–Crippen MR) is 89.5 cm³/mol. The first-order valence-electron chi connectivity index (χ1n) is 8.70. The average molecular weight is 313 g/mol. The Bertz CT molecular complexity index is 765. The third-order valence-electron chi connectivity index (χ3n) is 5.55. The lowest BCUT2D eigenvalue weighted by molar-refractivity contribution is 0.0549. The molecule has 1 N–H and O–H groups in total. The summed E-state index contributed by atoms with van der Waals surface area (Å²) >= 11 is 0. The Morgan fingerprint density at radius 1 is 1.13 bits per heavy atom. The van der Waals surface area contributed by atoms with Crippen molar-refractivity contribution in [3.63, 3.8) is 0 Å². The molecule has 2 fully saturated rings. The topological polar surface area (TPSA) is 53.7 Å². The average Bonchev–Trinajstić information content (AvgIpc) is 2.54. The van der Waals surface area contributed by atoms with Crippen LogP contribution in [-0.2, 0) is 6.54 Å². The van der Waals surface area contributed by atoms with Crippen molar-refractivity contribution in [3.8, 4) is 5.75 Å². The monoisotopic (exact) mass is 313 g/mol. The number of likely N-dealkylation sites (tertiary alicyclic amines) is 1. The standard InChI is InChI=1S/C19H23NO3/c21-15-7-8-16-14(10-19(22)23-18(16)11-15)12-20-9-3-5-13-4-1-2-6-17(13)20/h7-8,10-11,13,17,21H,1-6,9,12H2/t13-,17+/m1/s1. The molecule has 4 rings (SSSR count). The molecular weight excluding hydrogens is 290 g/mol. The molecule has 1 aromatic carbocycles. The SMILES string of the molecule is O=c1cc(CN2CCC[C@H]3CCCC[C@@H]32)c2ccc(O)cc2o1. The summed E-state index contributed by atoms with van der Waals surface area (Å²) < 4.78 is 5.24. The van der Waals surface area contributed by atoms with Gasteiger partial charge >= 0.3 is 5.63 Å². The lowest BCUT2D eigenvalue weighted by Crippen LogP contribution is -2.46. The van der Waals surface area contributed by atoms with Crippen LogP contribution in [0, 0.1) is 5.92 Å². The Hall–Kier alpha value is -1.81. The number of piperidine rings is 1. The molecule has 23 heavy (non-hydrogen) atoms. The first kappa shape index (κ1) is 14.8. The zero-order valence-corrected chi connectivity index (χ0v) is 13.3. The second kappa shape index (κ2) is 6.00. The van der Waals surface area contributed by atoms with E-state index in [1.165, 1.54) is 44.6 Å². The lowest BCUT2D eigenvalue weighted by Gasteiger charge is -2.44. The Morgan fingerprint density at radius 3 is 2.87 bits per heavy atom. The van der Waals surface area contributed by atoms with Crippen molar-refractivity contribution in [2.75, 3.05) is 6.54 Å². The minimum Gasteiger partial charge on any atom is -0.508 e. The smallest absolute Gasteiger partial charge is 0.336 e. The van der Waals surface area contributed by atoms with Crippen molar-refractivity contribution < 1.29 is 9.52 Å². The highest BCUT2D eigenvalue weighted by atomic mass is 16.4. The highest BCUT2D eigenvalue weighted by molar-refractivity contribution is 5.81. The van der Waals surface area contributed by atoms with Gasteiger partial charge in [0.25, 0.3) is 0 Å². The first-order chi connectivity index (χ1) is 11.2. The molecule has 0 amide bonds. The van der Waals surface area contributed by atoms with Gasteiger partial charge in [0.2, 0.25) is 0 Å². The fraction of sp³-hybridized carbons (Fsp3) is 0.526. The Labute approximate surface area is 135 Å². The second-order valence-corrected chi connectivity index (χ2v) is 7.00. The molecule has 2 atom stereocenters. The molecule has 1 aromatic heterocycles. The number of rotatable bonds is 2. The van der Waals surface area contributed by atoms with Crippen LogP contribution < -0.4 is 5.63 Å². The van der Waals surface area contributed by atoms with Gasteiger partial charge in [-0.25, -0.2) is 4.79 Å². The van der Waals surface area contributed by atoms with Crippen LogP contribution in [0.2, 0.25) is 0 Å². The van der Waals surface area contributed by atoms with E-state index in [9.17, 15) is 9.90 Å². The summed E-state index contributed by atoms with van der Waals surface area (Å²) in [6.07, 6.45) is 7.93. The van der Waals surface area contributed by atoms with Crippen LogP contribution in [0.1, 0.15) is 44.1 Å². The van der Waals surface area contributed by atoms with Gasteiger partial charge in [-0.3, -0.25) is 4.90 Å². The molecule has 0 bridgehead atoms. The molecule has 4 nitrogen and oxygen atoms in total. The van der Waals surface area contributed by atoms with Crippen molar-refractivity contribution >= 4 is 11.0 Å². The predicted octanol–water partition coefficient (Wildman–Crippen LogP) is 3.65. The number of hydrogen-bond acceptors (Lipinski definition) is 4. The summed E-state index contributed by atoms with van der Waals surface area (Å²) in [5, 5.41) is 10.5. The quantitative estimate of drug-likeness (QED) is 0.860. The van der Waals surface area contributed by atoms with Gasteiger partial charge in [-0.1, -0.05) is 12.8 Å². The zero-order valence-electron chi connectivity index (χ0n) is 13.3. The molecule has 2 heterocycles. The number of phenolic OH excluding ortho intramolecular Hbond substituents is 1. The summed E-state index contributed by atoms with van der Waals surface area (Å²) in [6.45, 7) is 1.91. The van der Waals surface area contributed by atoms with Crippen LogP contribution in [0.3, 0.4) is 0 Å². The van der Waals surface area contributed by atoms with Crippen molar-refractivity contribution in [1.29, 1.82) is 0 Å². The number of fused-ring (bicyclic) bond motifs is 2. The van der Waals surface area contributed by atoms with Crippen molar-refractivity contribution in [2.24, 2.45) is 5.92 Å². The molecular formula is C19H23NO3. The first-order valence-corrected chi connectivity index (χ1v) is 8.70. The van der Waals surface area contributed by atoms with Gasteiger partial charge < -0.3 is 9.52 Å². The number of phenols is 1. The summed E-state index contributed by atoms with van der Waals surface area (Å²) in [5.41, 5.74) is 1.16. The molecule has 1 aliphatic carbocycles. The number of aromatic hydroxyl groups is 1. The van der Waals surface area contributed by atoms with Gasteiger partial charge in [0.05, 0.1) is 0 Å². The minimum absolute atomic E-state index is 0.128. The molecule has 0 unspecified atom stereocenters. The van der Waals surface area contributed by atoms with Gasteiger partial charge in [0, 0.05) is 30.1 Å². The Kier molecular flexibility index (Phi) is 3.85. The molecule has 1 aliphatic heterocycles. The van der Waals surface area contributed by atoms with Crippen molar-refractivity contribution in [3.05, 3.63) is 40.2 Å². The van der Waals surface area contributed by atoms with E-state index < -0.39 is 0 Å². The lowest BCUT2D eigenvalue weighted by atomic mass is 9.78. The normalized spacial score (nSPS) is 25.4. The van der Waals surface area contributed by atoms with Crippen LogP contribution in [0.4, 0.5) is 0 Å². The third kappa shape index (κ3) is 2.88. The van der Waals surface area contributed by atoms with E-state index in [0.29, 0.717) is 11.6 Å². The number of hydrogen-bond donors (Lipinski definition) is 1. The van der Waals surface area contributed by atoms with Crippen molar-refractivity contribution in [2.45, 2.75) is 51.1 Å². The maximum absolute atomic E-state index is 11.9. The molecule has 1 saturated carbocycles. The van der Waals surface area contributed by atoms with Crippen LogP contribution in [0.25, 0.3) is 11.0 Å². The van der Waals surface area contributed by atoms with E-state index in [2.05, 4.69) is 4.90 Å².